The Hall–Kier alpha value is -1.55. The maximum atomic E-state index is 12.0. The molecule has 1 aromatic rings. The topological polar surface area (TPSA) is 58.4 Å². The molecule has 0 atom stereocenters. The van der Waals surface area contributed by atoms with Crippen LogP contribution in [-0.2, 0) is 0 Å². The van der Waals surface area contributed by atoms with Crippen LogP contribution in [-0.4, -0.2) is 37.0 Å². The van der Waals surface area contributed by atoms with Crippen molar-refractivity contribution in [1.29, 1.82) is 0 Å². The molecule has 0 heterocycles. The maximum absolute atomic E-state index is 12.0. The van der Waals surface area contributed by atoms with Gasteiger partial charge in [-0.15, -0.1) is 0 Å². The molecule has 4 heteroatoms. The Morgan fingerprint density at radius 3 is 2.60 bits per heavy atom. The Labute approximate surface area is 122 Å². The lowest BCUT2D eigenvalue weighted by molar-refractivity contribution is 0.0953. The first-order valence-corrected chi connectivity index (χ1v) is 7.45. The Morgan fingerprint density at radius 1 is 1.25 bits per heavy atom. The highest BCUT2D eigenvalue weighted by molar-refractivity contribution is 5.99. The fraction of sp³-hybridized carbons (Fsp3) is 0.562. The summed E-state index contributed by atoms with van der Waals surface area (Å²) in [4.78, 5) is 14.4. The first kappa shape index (κ1) is 16.5. The molecule has 0 saturated heterocycles. The fourth-order valence-corrected chi connectivity index (χ4v) is 2.16. The van der Waals surface area contributed by atoms with Crippen molar-refractivity contribution >= 4 is 11.6 Å². The first-order valence-electron chi connectivity index (χ1n) is 7.45. The number of hydrogen-bond acceptors (Lipinski definition) is 3. The summed E-state index contributed by atoms with van der Waals surface area (Å²) >= 11 is 0. The van der Waals surface area contributed by atoms with Gasteiger partial charge in [0, 0.05) is 12.2 Å². The summed E-state index contributed by atoms with van der Waals surface area (Å²) < 4.78 is 0. The summed E-state index contributed by atoms with van der Waals surface area (Å²) in [6.45, 7) is 10.3. The normalized spacial score (nSPS) is 10.8. The van der Waals surface area contributed by atoms with Gasteiger partial charge in [-0.3, -0.25) is 4.79 Å². The highest BCUT2D eigenvalue weighted by atomic mass is 16.1. The number of nitrogens with zero attached hydrogens (tertiary/aromatic N) is 1. The molecule has 0 saturated carbocycles. The number of unbranched alkanes of at least 4 members (excludes halogenated alkanes) is 1. The highest BCUT2D eigenvalue weighted by Gasteiger charge is 2.09. The van der Waals surface area contributed by atoms with Crippen molar-refractivity contribution in [1.82, 2.24) is 10.2 Å². The van der Waals surface area contributed by atoms with Gasteiger partial charge < -0.3 is 16.0 Å². The monoisotopic (exact) mass is 277 g/mol. The average molecular weight is 277 g/mol. The van der Waals surface area contributed by atoms with Gasteiger partial charge in [0.15, 0.2) is 0 Å². The van der Waals surface area contributed by atoms with E-state index in [0.29, 0.717) is 17.8 Å². The Bertz CT molecular complexity index is 428. The molecule has 0 spiro atoms. The largest absolute Gasteiger partial charge is 0.398 e. The number of anilines is 1. The van der Waals surface area contributed by atoms with Crippen LogP contribution < -0.4 is 11.1 Å². The predicted molar refractivity (Wildman–Crippen MR) is 84.9 cm³/mol. The zero-order chi connectivity index (χ0) is 15.0. The van der Waals surface area contributed by atoms with Gasteiger partial charge in [-0.25, -0.2) is 0 Å². The molecule has 1 amide bonds. The van der Waals surface area contributed by atoms with Crippen LogP contribution in [0.25, 0.3) is 0 Å². The molecule has 0 unspecified atom stereocenters. The summed E-state index contributed by atoms with van der Waals surface area (Å²) in [6, 6.07) is 5.53. The van der Waals surface area contributed by atoms with Crippen LogP contribution >= 0.6 is 0 Å². The standard InChI is InChI=1S/C16H27N3O/c1-4-19(5-2)11-7-6-10-18-16(20)14-12-13(3)8-9-15(14)17/h8-9,12H,4-7,10-11,17H2,1-3H3,(H,18,20). The van der Waals surface area contributed by atoms with E-state index in [1.54, 1.807) is 6.07 Å². The molecule has 0 bridgehead atoms. The molecule has 0 radical (unpaired) electrons. The van der Waals surface area contributed by atoms with Gasteiger partial charge in [0.1, 0.15) is 0 Å². The molecule has 0 aromatic heterocycles. The van der Waals surface area contributed by atoms with Crippen LogP contribution in [0.5, 0.6) is 0 Å². The molecule has 3 N–H and O–H groups in total. The van der Waals surface area contributed by atoms with E-state index in [-0.39, 0.29) is 5.91 Å². The smallest absolute Gasteiger partial charge is 0.253 e. The van der Waals surface area contributed by atoms with Crippen LogP contribution in [0.2, 0.25) is 0 Å². The number of benzene rings is 1. The Morgan fingerprint density at radius 2 is 1.95 bits per heavy atom. The number of carbonyl (C=O) groups excluding carboxylic acids is 1. The van der Waals surface area contributed by atoms with E-state index >= 15 is 0 Å². The number of nitrogens with one attached hydrogen (secondary N) is 1. The SMILES string of the molecule is CCN(CC)CCCCNC(=O)c1cc(C)ccc1N. The second kappa shape index (κ2) is 8.59. The molecule has 4 nitrogen and oxygen atoms in total. The number of aryl methyl sites for hydroxylation is 1. The summed E-state index contributed by atoms with van der Waals surface area (Å²) in [5, 5.41) is 2.94. The summed E-state index contributed by atoms with van der Waals surface area (Å²) in [5.74, 6) is -0.0750. The maximum Gasteiger partial charge on any atom is 0.253 e. The van der Waals surface area contributed by atoms with Crippen molar-refractivity contribution in [2.75, 3.05) is 31.9 Å². The van der Waals surface area contributed by atoms with Gasteiger partial charge in [0.25, 0.3) is 5.91 Å². The minimum Gasteiger partial charge on any atom is -0.398 e. The molecule has 20 heavy (non-hydrogen) atoms. The molecule has 0 fully saturated rings. The van der Waals surface area contributed by atoms with Gasteiger partial charge in [-0.05, 0) is 51.5 Å². The van der Waals surface area contributed by atoms with Crippen molar-refractivity contribution in [2.45, 2.75) is 33.6 Å². The summed E-state index contributed by atoms with van der Waals surface area (Å²) in [6.07, 6.45) is 2.10. The number of rotatable bonds is 8. The zero-order valence-corrected chi connectivity index (χ0v) is 12.9. The first-order chi connectivity index (χ1) is 9.58. The van der Waals surface area contributed by atoms with Gasteiger partial charge in [-0.2, -0.15) is 0 Å². The molecule has 0 aliphatic rings. The molecule has 0 aliphatic heterocycles. The molecular formula is C16H27N3O. The van der Waals surface area contributed by atoms with E-state index in [1.165, 1.54) is 0 Å². The number of hydrogen-bond donors (Lipinski definition) is 2. The Kier molecular flexibility index (Phi) is 7.09. The third kappa shape index (κ3) is 5.21. The number of nitrogens with two attached hydrogens (primary N) is 1. The van der Waals surface area contributed by atoms with Gasteiger partial charge in [0.2, 0.25) is 0 Å². The summed E-state index contributed by atoms with van der Waals surface area (Å²) in [7, 11) is 0. The van der Waals surface area contributed by atoms with E-state index in [2.05, 4.69) is 24.1 Å². The number of carbonyl (C=O) groups is 1. The van der Waals surface area contributed by atoms with Crippen LogP contribution in [0, 0.1) is 6.92 Å². The third-order valence-corrected chi connectivity index (χ3v) is 3.53. The lowest BCUT2D eigenvalue weighted by atomic mass is 10.1. The van der Waals surface area contributed by atoms with Crippen molar-refractivity contribution < 1.29 is 4.79 Å². The lowest BCUT2D eigenvalue weighted by Crippen LogP contribution is -2.27. The van der Waals surface area contributed by atoms with Crippen LogP contribution in [0.1, 0.15) is 42.6 Å². The minimum atomic E-state index is -0.0750. The van der Waals surface area contributed by atoms with Crippen LogP contribution in [0.15, 0.2) is 18.2 Å². The lowest BCUT2D eigenvalue weighted by Gasteiger charge is -2.17. The van der Waals surface area contributed by atoms with Gasteiger partial charge in [-0.1, -0.05) is 25.5 Å². The molecule has 0 aliphatic carbocycles. The van der Waals surface area contributed by atoms with E-state index in [4.69, 9.17) is 5.73 Å². The van der Waals surface area contributed by atoms with E-state index in [0.717, 1.165) is 38.0 Å². The Balaban J connectivity index is 2.31. The van der Waals surface area contributed by atoms with Gasteiger partial charge >= 0.3 is 0 Å². The fourth-order valence-electron chi connectivity index (χ4n) is 2.16. The summed E-state index contributed by atoms with van der Waals surface area (Å²) in [5.41, 5.74) is 7.99. The van der Waals surface area contributed by atoms with Crippen LogP contribution in [0.4, 0.5) is 5.69 Å². The highest BCUT2D eigenvalue weighted by Crippen LogP contribution is 2.13. The zero-order valence-electron chi connectivity index (χ0n) is 12.9. The third-order valence-electron chi connectivity index (χ3n) is 3.53. The molecule has 112 valence electrons. The van der Waals surface area contributed by atoms with Crippen molar-refractivity contribution in [3.8, 4) is 0 Å². The minimum absolute atomic E-state index is 0.0750. The number of nitrogen functional groups attached to an aromatic ring is 1. The average Bonchev–Trinajstić information content (AvgIpc) is 2.45. The van der Waals surface area contributed by atoms with Crippen molar-refractivity contribution in [3.63, 3.8) is 0 Å². The van der Waals surface area contributed by atoms with Crippen LogP contribution in [0.3, 0.4) is 0 Å². The van der Waals surface area contributed by atoms with E-state index in [9.17, 15) is 4.79 Å². The molecule has 1 rings (SSSR count). The molecule has 1 aromatic carbocycles. The van der Waals surface area contributed by atoms with Crippen molar-refractivity contribution in [3.05, 3.63) is 29.3 Å². The second-order valence-corrected chi connectivity index (χ2v) is 5.08. The van der Waals surface area contributed by atoms with E-state index in [1.807, 2.05) is 19.1 Å². The van der Waals surface area contributed by atoms with Gasteiger partial charge in [0.05, 0.1) is 5.56 Å². The predicted octanol–water partition coefficient (Wildman–Crippen LogP) is 2.43. The van der Waals surface area contributed by atoms with Crippen molar-refractivity contribution in [2.24, 2.45) is 0 Å². The number of amides is 1. The quantitative estimate of drug-likeness (QED) is 0.567. The second-order valence-electron chi connectivity index (χ2n) is 5.08. The molecular weight excluding hydrogens is 250 g/mol. The van der Waals surface area contributed by atoms with E-state index < -0.39 is 0 Å².